The van der Waals surface area contributed by atoms with Crippen LogP contribution in [0.1, 0.15) is 12.5 Å². The van der Waals surface area contributed by atoms with Gasteiger partial charge in [-0.05, 0) is 31.0 Å². The maximum absolute atomic E-state index is 11.9. The van der Waals surface area contributed by atoms with E-state index in [9.17, 15) is 8.42 Å². The SMILES string of the molecule is CNc1nc(-c2ccc3c(c2)C[C@H](C)N3S(C)(=O)=O)cs1. The number of nitrogens with one attached hydrogen (secondary N) is 1. The standard InChI is InChI=1S/C14H17N3O2S2/c1-9-6-11-7-10(12-8-20-14(15-2)16-12)4-5-13(11)17(9)21(3,18)19/h4-5,7-9H,6H2,1-3H3,(H,15,16)/t9-/m0/s1. The van der Waals surface area contributed by atoms with Crippen LogP contribution in [0, 0.1) is 0 Å². The number of rotatable bonds is 3. The fourth-order valence-electron chi connectivity index (χ4n) is 2.79. The molecule has 1 aromatic heterocycles. The van der Waals surface area contributed by atoms with Crippen LogP contribution in [0.15, 0.2) is 23.6 Å². The second-order valence-corrected chi connectivity index (χ2v) is 7.96. The van der Waals surface area contributed by atoms with Gasteiger partial charge in [0.25, 0.3) is 0 Å². The first-order chi connectivity index (χ1) is 9.90. The predicted molar refractivity (Wildman–Crippen MR) is 87.6 cm³/mol. The Hall–Kier alpha value is -1.60. The van der Waals surface area contributed by atoms with E-state index in [-0.39, 0.29) is 6.04 Å². The Balaban J connectivity index is 2.02. The highest BCUT2D eigenvalue weighted by Gasteiger charge is 2.32. The van der Waals surface area contributed by atoms with E-state index in [2.05, 4.69) is 10.3 Å². The number of hydrogen-bond acceptors (Lipinski definition) is 5. The van der Waals surface area contributed by atoms with E-state index in [0.29, 0.717) is 0 Å². The maximum atomic E-state index is 11.9. The summed E-state index contributed by atoms with van der Waals surface area (Å²) in [6, 6.07) is 5.83. The number of hydrogen-bond donors (Lipinski definition) is 1. The van der Waals surface area contributed by atoms with E-state index in [1.807, 2.05) is 37.6 Å². The highest BCUT2D eigenvalue weighted by Crippen LogP contribution is 2.37. The lowest BCUT2D eigenvalue weighted by molar-refractivity contribution is 0.590. The average molecular weight is 323 g/mol. The molecule has 0 aliphatic carbocycles. The Morgan fingerprint density at radius 3 is 2.81 bits per heavy atom. The number of anilines is 2. The summed E-state index contributed by atoms with van der Waals surface area (Å²) < 4.78 is 25.3. The number of aromatic nitrogens is 1. The van der Waals surface area contributed by atoms with Gasteiger partial charge in [0.2, 0.25) is 10.0 Å². The summed E-state index contributed by atoms with van der Waals surface area (Å²) in [7, 11) is -1.39. The Kier molecular flexibility index (Phi) is 3.41. The van der Waals surface area contributed by atoms with Crippen LogP contribution < -0.4 is 9.62 Å². The van der Waals surface area contributed by atoms with Crippen molar-refractivity contribution in [3.63, 3.8) is 0 Å². The van der Waals surface area contributed by atoms with Gasteiger partial charge in [0.15, 0.2) is 5.13 Å². The van der Waals surface area contributed by atoms with Gasteiger partial charge >= 0.3 is 0 Å². The molecule has 2 heterocycles. The molecular weight excluding hydrogens is 306 g/mol. The minimum absolute atomic E-state index is 0.0337. The number of fused-ring (bicyclic) bond motifs is 1. The highest BCUT2D eigenvalue weighted by molar-refractivity contribution is 7.92. The third-order valence-electron chi connectivity index (χ3n) is 3.60. The molecule has 3 rings (SSSR count). The number of nitrogens with zero attached hydrogens (tertiary/aromatic N) is 2. The molecule has 0 bridgehead atoms. The van der Waals surface area contributed by atoms with Crippen molar-refractivity contribution in [2.45, 2.75) is 19.4 Å². The van der Waals surface area contributed by atoms with Gasteiger partial charge in [0.1, 0.15) is 0 Å². The summed E-state index contributed by atoms with van der Waals surface area (Å²) >= 11 is 1.55. The third-order valence-corrected chi connectivity index (χ3v) is 5.73. The van der Waals surface area contributed by atoms with Crippen molar-refractivity contribution in [1.82, 2.24) is 4.98 Å². The van der Waals surface area contributed by atoms with Gasteiger partial charge < -0.3 is 5.32 Å². The van der Waals surface area contributed by atoms with Crippen molar-refractivity contribution in [2.24, 2.45) is 0 Å². The quantitative estimate of drug-likeness (QED) is 0.943. The molecule has 1 aliphatic rings. The van der Waals surface area contributed by atoms with Crippen LogP contribution in [0.25, 0.3) is 11.3 Å². The van der Waals surface area contributed by atoms with E-state index in [1.54, 1.807) is 11.3 Å². The van der Waals surface area contributed by atoms with E-state index in [1.165, 1.54) is 10.6 Å². The lowest BCUT2D eigenvalue weighted by atomic mass is 10.1. The predicted octanol–water partition coefficient (Wildman–Crippen LogP) is 2.56. The number of thiazole rings is 1. The van der Waals surface area contributed by atoms with Crippen LogP contribution in [0.5, 0.6) is 0 Å². The van der Waals surface area contributed by atoms with Crippen LogP contribution in [-0.4, -0.2) is 32.7 Å². The molecule has 1 N–H and O–H groups in total. The molecule has 1 aliphatic heterocycles. The highest BCUT2D eigenvalue weighted by atomic mass is 32.2. The van der Waals surface area contributed by atoms with Crippen molar-refractivity contribution in [3.8, 4) is 11.3 Å². The van der Waals surface area contributed by atoms with E-state index in [0.717, 1.165) is 34.1 Å². The molecule has 0 amide bonds. The molecular formula is C14H17N3O2S2. The molecule has 1 atom stereocenters. The van der Waals surface area contributed by atoms with Gasteiger partial charge in [-0.25, -0.2) is 13.4 Å². The Labute approximate surface area is 128 Å². The summed E-state index contributed by atoms with van der Waals surface area (Å²) in [5.41, 5.74) is 3.79. The smallest absolute Gasteiger partial charge is 0.232 e. The summed E-state index contributed by atoms with van der Waals surface area (Å²) in [6.45, 7) is 1.93. The molecule has 0 saturated carbocycles. The van der Waals surface area contributed by atoms with Crippen LogP contribution in [-0.2, 0) is 16.4 Å². The van der Waals surface area contributed by atoms with E-state index >= 15 is 0 Å². The lowest BCUT2D eigenvalue weighted by Crippen LogP contribution is -2.34. The largest absolute Gasteiger partial charge is 0.365 e. The second kappa shape index (κ2) is 4.99. The molecule has 112 valence electrons. The van der Waals surface area contributed by atoms with Crippen molar-refractivity contribution in [2.75, 3.05) is 22.9 Å². The Morgan fingerprint density at radius 1 is 1.43 bits per heavy atom. The second-order valence-electron chi connectivity index (χ2n) is 5.24. The summed E-state index contributed by atoms with van der Waals surface area (Å²) in [6.07, 6.45) is 1.99. The fourth-order valence-corrected chi connectivity index (χ4v) is 4.73. The molecule has 1 aromatic carbocycles. The van der Waals surface area contributed by atoms with E-state index in [4.69, 9.17) is 0 Å². The summed E-state index contributed by atoms with van der Waals surface area (Å²) in [5.74, 6) is 0. The van der Waals surface area contributed by atoms with Gasteiger partial charge in [-0.3, -0.25) is 4.31 Å². The topological polar surface area (TPSA) is 62.3 Å². The van der Waals surface area contributed by atoms with Crippen molar-refractivity contribution in [3.05, 3.63) is 29.1 Å². The minimum Gasteiger partial charge on any atom is -0.365 e. The third kappa shape index (κ3) is 2.51. The van der Waals surface area contributed by atoms with Gasteiger partial charge in [0.05, 0.1) is 17.6 Å². The van der Waals surface area contributed by atoms with E-state index < -0.39 is 10.0 Å². The molecule has 7 heteroatoms. The first kappa shape index (κ1) is 14.3. The molecule has 0 saturated heterocycles. The zero-order chi connectivity index (χ0) is 15.2. The fraction of sp³-hybridized carbons (Fsp3) is 0.357. The zero-order valence-electron chi connectivity index (χ0n) is 12.1. The maximum Gasteiger partial charge on any atom is 0.232 e. The van der Waals surface area contributed by atoms with Gasteiger partial charge in [-0.2, -0.15) is 0 Å². The first-order valence-electron chi connectivity index (χ1n) is 6.66. The van der Waals surface area contributed by atoms with Crippen LogP contribution >= 0.6 is 11.3 Å². The van der Waals surface area contributed by atoms with Crippen molar-refractivity contribution >= 4 is 32.2 Å². The molecule has 2 aromatic rings. The number of sulfonamides is 1. The Morgan fingerprint density at radius 2 is 2.19 bits per heavy atom. The van der Waals surface area contributed by atoms with Gasteiger partial charge in [-0.1, -0.05) is 6.07 Å². The average Bonchev–Trinajstić information content (AvgIpc) is 2.99. The first-order valence-corrected chi connectivity index (χ1v) is 9.39. The monoisotopic (exact) mass is 323 g/mol. The lowest BCUT2D eigenvalue weighted by Gasteiger charge is -2.21. The summed E-state index contributed by atoms with van der Waals surface area (Å²) in [5, 5.41) is 5.90. The van der Waals surface area contributed by atoms with Crippen molar-refractivity contribution < 1.29 is 8.42 Å². The Bertz CT molecular complexity index is 783. The zero-order valence-corrected chi connectivity index (χ0v) is 13.8. The molecule has 0 fully saturated rings. The van der Waals surface area contributed by atoms with Gasteiger partial charge in [-0.15, -0.1) is 11.3 Å². The van der Waals surface area contributed by atoms with Crippen LogP contribution in [0.4, 0.5) is 10.8 Å². The molecule has 0 radical (unpaired) electrons. The van der Waals surface area contributed by atoms with Crippen LogP contribution in [0.2, 0.25) is 0 Å². The molecule has 5 nitrogen and oxygen atoms in total. The van der Waals surface area contributed by atoms with Gasteiger partial charge in [0, 0.05) is 24.0 Å². The minimum atomic E-state index is -3.23. The molecule has 0 spiro atoms. The molecule has 21 heavy (non-hydrogen) atoms. The normalized spacial score (nSPS) is 17.9. The molecule has 0 unspecified atom stereocenters. The van der Waals surface area contributed by atoms with Crippen LogP contribution in [0.3, 0.4) is 0 Å². The summed E-state index contributed by atoms with van der Waals surface area (Å²) in [4.78, 5) is 4.49. The van der Waals surface area contributed by atoms with Crippen molar-refractivity contribution in [1.29, 1.82) is 0 Å². The number of benzene rings is 1.